The predicted octanol–water partition coefficient (Wildman–Crippen LogP) is 3.45. The summed E-state index contributed by atoms with van der Waals surface area (Å²) in [6.45, 7) is 3.30. The molecule has 1 fully saturated rings. The maximum atomic E-state index is 12.7. The number of nitrogens with one attached hydrogen (secondary N) is 1. The van der Waals surface area contributed by atoms with E-state index in [0.717, 1.165) is 22.4 Å². The molecule has 1 saturated heterocycles. The summed E-state index contributed by atoms with van der Waals surface area (Å²) in [4.78, 5) is 0.309. The average Bonchev–Trinajstić information content (AvgIpc) is 2.89. The number of ether oxygens (including phenoxy) is 2. The van der Waals surface area contributed by atoms with Gasteiger partial charge in [0.15, 0.2) is 0 Å². The molecule has 1 aliphatic rings. The van der Waals surface area contributed by atoms with E-state index in [1.54, 1.807) is 18.2 Å². The molecule has 3 aromatic carbocycles. The van der Waals surface area contributed by atoms with Gasteiger partial charge in [-0.15, -0.1) is 0 Å². The standard InChI is InChI=1S/C26H27N3O4S/c27-17-22-3-1-5-24(15-22)20-33-25-6-2-4-23(16-25)19-28-18-21-7-9-26(10-8-21)34(30,31)29-11-13-32-14-12-29/h1-10,15-16,28H,11-14,18-20H2. The predicted molar refractivity (Wildman–Crippen MR) is 128 cm³/mol. The maximum Gasteiger partial charge on any atom is 0.243 e. The molecule has 1 N–H and O–H groups in total. The van der Waals surface area contributed by atoms with Crippen LogP contribution in [-0.4, -0.2) is 39.0 Å². The van der Waals surface area contributed by atoms with Gasteiger partial charge in [-0.25, -0.2) is 8.42 Å². The molecule has 1 aliphatic heterocycles. The van der Waals surface area contributed by atoms with Crippen LogP contribution < -0.4 is 10.1 Å². The zero-order valence-electron chi connectivity index (χ0n) is 18.8. The second-order valence-electron chi connectivity index (χ2n) is 8.01. The lowest BCUT2D eigenvalue weighted by molar-refractivity contribution is 0.0730. The molecule has 176 valence electrons. The lowest BCUT2D eigenvalue weighted by Crippen LogP contribution is -2.40. The minimum absolute atomic E-state index is 0.309. The molecular weight excluding hydrogens is 450 g/mol. The van der Waals surface area contributed by atoms with Crippen molar-refractivity contribution in [1.29, 1.82) is 5.26 Å². The van der Waals surface area contributed by atoms with E-state index in [-0.39, 0.29) is 0 Å². The third kappa shape index (κ3) is 6.22. The van der Waals surface area contributed by atoms with Gasteiger partial charge in [-0.1, -0.05) is 36.4 Å². The van der Waals surface area contributed by atoms with E-state index in [4.69, 9.17) is 14.7 Å². The topological polar surface area (TPSA) is 91.7 Å². The minimum Gasteiger partial charge on any atom is -0.489 e. The van der Waals surface area contributed by atoms with E-state index in [1.165, 1.54) is 4.31 Å². The van der Waals surface area contributed by atoms with Crippen LogP contribution in [0.4, 0.5) is 0 Å². The maximum absolute atomic E-state index is 12.7. The molecule has 0 spiro atoms. The van der Waals surface area contributed by atoms with Gasteiger partial charge in [-0.2, -0.15) is 9.57 Å². The smallest absolute Gasteiger partial charge is 0.243 e. The highest BCUT2D eigenvalue weighted by molar-refractivity contribution is 7.89. The van der Waals surface area contributed by atoms with Crippen LogP contribution in [0.3, 0.4) is 0 Å². The zero-order valence-corrected chi connectivity index (χ0v) is 19.6. The first-order chi connectivity index (χ1) is 16.5. The van der Waals surface area contributed by atoms with Gasteiger partial charge >= 0.3 is 0 Å². The minimum atomic E-state index is -3.47. The molecule has 0 atom stereocenters. The molecule has 0 bridgehead atoms. The Bertz CT molecular complexity index is 1250. The Morgan fingerprint density at radius 2 is 1.62 bits per heavy atom. The number of sulfonamides is 1. The summed E-state index contributed by atoms with van der Waals surface area (Å²) >= 11 is 0. The molecule has 0 radical (unpaired) electrons. The fourth-order valence-corrected chi connectivity index (χ4v) is 5.12. The SMILES string of the molecule is N#Cc1cccc(COc2cccc(CNCc3ccc(S(=O)(=O)N4CCOCC4)cc3)c2)c1. The van der Waals surface area contributed by atoms with Crippen molar-refractivity contribution in [2.75, 3.05) is 26.3 Å². The Morgan fingerprint density at radius 3 is 2.38 bits per heavy atom. The summed E-state index contributed by atoms with van der Waals surface area (Å²) in [6.07, 6.45) is 0. The summed E-state index contributed by atoms with van der Waals surface area (Å²) in [5, 5.41) is 12.4. The van der Waals surface area contributed by atoms with Crippen LogP contribution in [-0.2, 0) is 34.5 Å². The van der Waals surface area contributed by atoms with E-state index >= 15 is 0 Å². The molecular formula is C26H27N3O4S. The number of benzene rings is 3. The van der Waals surface area contributed by atoms with Crippen molar-refractivity contribution in [2.24, 2.45) is 0 Å². The normalized spacial score (nSPS) is 14.4. The third-order valence-corrected chi connectivity index (χ3v) is 7.46. The molecule has 4 rings (SSSR count). The highest BCUT2D eigenvalue weighted by atomic mass is 32.2. The largest absolute Gasteiger partial charge is 0.489 e. The van der Waals surface area contributed by atoms with E-state index in [2.05, 4.69) is 11.4 Å². The number of hydrogen-bond donors (Lipinski definition) is 1. The highest BCUT2D eigenvalue weighted by Crippen LogP contribution is 2.18. The van der Waals surface area contributed by atoms with E-state index in [1.807, 2.05) is 54.6 Å². The lowest BCUT2D eigenvalue weighted by Gasteiger charge is -2.26. The van der Waals surface area contributed by atoms with Crippen LogP contribution in [0.15, 0.2) is 77.7 Å². The first-order valence-corrected chi connectivity index (χ1v) is 12.6. The second-order valence-corrected chi connectivity index (χ2v) is 9.95. The van der Waals surface area contributed by atoms with E-state index in [0.29, 0.717) is 56.5 Å². The van der Waals surface area contributed by atoms with Crippen molar-refractivity contribution in [3.8, 4) is 11.8 Å². The summed E-state index contributed by atoms with van der Waals surface area (Å²) in [7, 11) is -3.47. The highest BCUT2D eigenvalue weighted by Gasteiger charge is 2.25. The van der Waals surface area contributed by atoms with Gasteiger partial charge in [0.05, 0.1) is 29.7 Å². The second kappa shape index (κ2) is 11.3. The van der Waals surface area contributed by atoms with Crippen molar-refractivity contribution < 1.29 is 17.9 Å². The van der Waals surface area contributed by atoms with Gasteiger partial charge in [-0.3, -0.25) is 0 Å². The van der Waals surface area contributed by atoms with Crippen LogP contribution in [0.2, 0.25) is 0 Å². The van der Waals surface area contributed by atoms with Gasteiger partial charge in [-0.05, 0) is 53.1 Å². The summed E-state index contributed by atoms with van der Waals surface area (Å²) in [5.41, 5.74) is 3.65. The van der Waals surface area contributed by atoms with Crippen LogP contribution >= 0.6 is 0 Å². The van der Waals surface area contributed by atoms with Crippen LogP contribution in [0.5, 0.6) is 5.75 Å². The number of nitrogens with zero attached hydrogens (tertiary/aromatic N) is 2. The number of nitriles is 1. The molecule has 0 aromatic heterocycles. The lowest BCUT2D eigenvalue weighted by atomic mass is 10.1. The monoisotopic (exact) mass is 477 g/mol. The number of morpholine rings is 1. The Kier molecular flexibility index (Phi) is 7.93. The molecule has 1 heterocycles. The van der Waals surface area contributed by atoms with Crippen molar-refractivity contribution >= 4 is 10.0 Å². The molecule has 34 heavy (non-hydrogen) atoms. The van der Waals surface area contributed by atoms with E-state index in [9.17, 15) is 8.42 Å². The molecule has 0 saturated carbocycles. The van der Waals surface area contributed by atoms with Crippen LogP contribution in [0.1, 0.15) is 22.3 Å². The molecule has 8 heteroatoms. The van der Waals surface area contributed by atoms with Crippen molar-refractivity contribution in [1.82, 2.24) is 9.62 Å². The third-order valence-electron chi connectivity index (χ3n) is 5.55. The molecule has 0 aliphatic carbocycles. The fourth-order valence-electron chi connectivity index (χ4n) is 3.71. The molecule has 3 aromatic rings. The Hall–Kier alpha value is -3.22. The average molecular weight is 478 g/mol. The zero-order chi connectivity index (χ0) is 23.8. The van der Waals surface area contributed by atoms with Gasteiger partial charge in [0, 0.05) is 26.2 Å². The van der Waals surface area contributed by atoms with Gasteiger partial charge in [0.1, 0.15) is 12.4 Å². The Morgan fingerprint density at radius 1 is 0.912 bits per heavy atom. The number of rotatable bonds is 9. The van der Waals surface area contributed by atoms with Gasteiger partial charge in [0.25, 0.3) is 0 Å². The Labute approximate surface area is 200 Å². The van der Waals surface area contributed by atoms with Crippen molar-refractivity contribution in [3.05, 3.63) is 95.1 Å². The van der Waals surface area contributed by atoms with Crippen LogP contribution in [0, 0.1) is 11.3 Å². The molecule has 0 amide bonds. The van der Waals surface area contributed by atoms with Gasteiger partial charge < -0.3 is 14.8 Å². The van der Waals surface area contributed by atoms with Crippen molar-refractivity contribution in [2.45, 2.75) is 24.6 Å². The van der Waals surface area contributed by atoms with Crippen molar-refractivity contribution in [3.63, 3.8) is 0 Å². The molecule has 0 unspecified atom stereocenters. The van der Waals surface area contributed by atoms with Crippen LogP contribution in [0.25, 0.3) is 0 Å². The summed E-state index contributed by atoms with van der Waals surface area (Å²) < 4.78 is 38.1. The fraction of sp³-hybridized carbons (Fsp3) is 0.269. The van der Waals surface area contributed by atoms with Gasteiger partial charge in [0.2, 0.25) is 10.0 Å². The Balaban J connectivity index is 1.28. The first-order valence-electron chi connectivity index (χ1n) is 11.1. The quantitative estimate of drug-likeness (QED) is 0.508. The summed E-state index contributed by atoms with van der Waals surface area (Å²) in [6, 6.07) is 24.4. The number of hydrogen-bond acceptors (Lipinski definition) is 6. The van der Waals surface area contributed by atoms with E-state index < -0.39 is 10.0 Å². The summed E-state index contributed by atoms with van der Waals surface area (Å²) in [5.74, 6) is 0.763. The molecule has 7 nitrogen and oxygen atoms in total. The first kappa shape index (κ1) is 23.9.